The van der Waals surface area contributed by atoms with Gasteiger partial charge >= 0.3 is 12.6 Å². The number of amides is 1. The Kier molecular flexibility index (Phi) is 7.56. The highest BCUT2D eigenvalue weighted by Gasteiger charge is 2.17. The monoisotopic (exact) mass is 421 g/mol. The van der Waals surface area contributed by atoms with E-state index in [0.29, 0.717) is 12.4 Å². The summed E-state index contributed by atoms with van der Waals surface area (Å²) in [5, 5.41) is 2.37. The summed E-state index contributed by atoms with van der Waals surface area (Å²) < 4.78 is 45.2. The Hall–Kier alpha value is -3.20. The van der Waals surface area contributed by atoms with Crippen molar-refractivity contribution in [3.8, 4) is 11.5 Å². The molecule has 1 fully saturated rings. The summed E-state index contributed by atoms with van der Waals surface area (Å²) in [6.07, 6.45) is 2.08. The summed E-state index contributed by atoms with van der Waals surface area (Å²) in [5.74, 6) is -0.987. The summed E-state index contributed by atoms with van der Waals surface area (Å²) in [7, 11) is 0. The molecule has 1 aliphatic rings. The number of nitrogens with one attached hydrogen (secondary N) is 1. The lowest BCUT2D eigenvalue weighted by atomic mass is 10.2. The second-order valence-corrected chi connectivity index (χ2v) is 6.47. The molecule has 7 nitrogen and oxygen atoms in total. The zero-order valence-corrected chi connectivity index (χ0v) is 16.0. The van der Waals surface area contributed by atoms with Crippen LogP contribution in [0.2, 0.25) is 0 Å². The van der Waals surface area contributed by atoms with Gasteiger partial charge in [0.15, 0.2) is 6.61 Å². The first kappa shape index (κ1) is 21.5. The molecular formula is C21H21F2NO6. The Morgan fingerprint density at radius 3 is 2.60 bits per heavy atom. The molecule has 0 spiro atoms. The van der Waals surface area contributed by atoms with Gasteiger partial charge in [-0.05, 0) is 49.2 Å². The van der Waals surface area contributed by atoms with Gasteiger partial charge in [0.25, 0.3) is 5.91 Å². The summed E-state index contributed by atoms with van der Waals surface area (Å²) in [5.41, 5.74) is 0.292. The van der Waals surface area contributed by atoms with E-state index in [0.717, 1.165) is 19.4 Å². The number of anilines is 1. The van der Waals surface area contributed by atoms with Gasteiger partial charge in [0.1, 0.15) is 18.1 Å². The molecule has 2 aromatic rings. The number of rotatable bonds is 9. The molecule has 3 rings (SSSR count). The minimum atomic E-state index is -3.03. The highest BCUT2D eigenvalue weighted by molar-refractivity contribution is 5.96. The van der Waals surface area contributed by atoms with Crippen LogP contribution in [0.5, 0.6) is 11.5 Å². The first-order chi connectivity index (χ1) is 14.5. The van der Waals surface area contributed by atoms with Crippen LogP contribution in [0.4, 0.5) is 14.5 Å². The van der Waals surface area contributed by atoms with Gasteiger partial charge in [0.2, 0.25) is 0 Å². The van der Waals surface area contributed by atoms with Crippen molar-refractivity contribution in [2.24, 2.45) is 0 Å². The number of ether oxygens (including phenoxy) is 4. The first-order valence-corrected chi connectivity index (χ1v) is 9.36. The van der Waals surface area contributed by atoms with E-state index in [-0.39, 0.29) is 23.1 Å². The first-order valence-electron chi connectivity index (χ1n) is 9.36. The topological polar surface area (TPSA) is 83.1 Å². The minimum absolute atomic E-state index is 0.0478. The van der Waals surface area contributed by atoms with Gasteiger partial charge in [-0.1, -0.05) is 12.1 Å². The highest BCUT2D eigenvalue weighted by atomic mass is 19.3. The fourth-order valence-corrected chi connectivity index (χ4v) is 2.82. The Morgan fingerprint density at radius 1 is 1.13 bits per heavy atom. The van der Waals surface area contributed by atoms with E-state index in [1.54, 1.807) is 18.2 Å². The normalized spacial score (nSPS) is 15.6. The van der Waals surface area contributed by atoms with E-state index >= 15 is 0 Å². The Labute approximate surface area is 171 Å². The zero-order chi connectivity index (χ0) is 21.3. The Balaban J connectivity index is 1.46. The number of carbonyl (C=O) groups is 2. The third kappa shape index (κ3) is 6.41. The fraction of sp³-hybridized carbons (Fsp3) is 0.333. The summed E-state index contributed by atoms with van der Waals surface area (Å²) in [6, 6.07) is 12.0. The van der Waals surface area contributed by atoms with E-state index in [9.17, 15) is 18.4 Å². The van der Waals surface area contributed by atoms with E-state index < -0.39 is 25.1 Å². The van der Waals surface area contributed by atoms with Crippen LogP contribution in [0, 0.1) is 0 Å². The molecule has 9 heteroatoms. The molecule has 1 aliphatic heterocycles. The van der Waals surface area contributed by atoms with Crippen molar-refractivity contribution in [1.29, 1.82) is 0 Å². The number of halogens is 2. The van der Waals surface area contributed by atoms with Crippen LogP contribution in [0.1, 0.15) is 23.2 Å². The van der Waals surface area contributed by atoms with E-state index in [4.69, 9.17) is 14.2 Å². The minimum Gasteiger partial charge on any atom is -0.491 e. The molecule has 0 aliphatic carbocycles. The van der Waals surface area contributed by atoms with Gasteiger partial charge in [-0.15, -0.1) is 0 Å². The van der Waals surface area contributed by atoms with E-state index in [2.05, 4.69) is 10.1 Å². The number of hydrogen-bond donors (Lipinski definition) is 1. The number of carbonyl (C=O) groups excluding carboxylic acids is 2. The summed E-state index contributed by atoms with van der Waals surface area (Å²) in [6.45, 7) is -2.42. The molecule has 2 aromatic carbocycles. The van der Waals surface area contributed by atoms with Gasteiger partial charge in [-0.3, -0.25) is 4.79 Å². The second kappa shape index (κ2) is 10.5. The van der Waals surface area contributed by atoms with Crippen LogP contribution in [-0.2, 0) is 14.3 Å². The highest BCUT2D eigenvalue weighted by Crippen LogP contribution is 2.25. The molecule has 1 atom stereocenters. The Morgan fingerprint density at radius 2 is 1.90 bits per heavy atom. The molecule has 0 aromatic heterocycles. The smallest absolute Gasteiger partial charge is 0.387 e. The molecule has 1 amide bonds. The average Bonchev–Trinajstić information content (AvgIpc) is 3.26. The predicted molar refractivity (Wildman–Crippen MR) is 103 cm³/mol. The lowest BCUT2D eigenvalue weighted by Crippen LogP contribution is -2.21. The SMILES string of the molecule is O=C(COC(=O)c1ccc(OC[C@H]2CCCO2)cc1)Nc1ccccc1OC(F)F. The number of benzene rings is 2. The molecule has 0 saturated carbocycles. The van der Waals surface area contributed by atoms with E-state index in [1.165, 1.54) is 30.3 Å². The number of esters is 1. The van der Waals surface area contributed by atoms with Crippen molar-refractivity contribution in [1.82, 2.24) is 0 Å². The van der Waals surface area contributed by atoms with Crippen LogP contribution in [0.3, 0.4) is 0 Å². The van der Waals surface area contributed by atoms with Crippen LogP contribution in [0.15, 0.2) is 48.5 Å². The number of para-hydroxylation sites is 2. The molecule has 160 valence electrons. The van der Waals surface area contributed by atoms with Gasteiger partial charge < -0.3 is 24.3 Å². The summed E-state index contributed by atoms with van der Waals surface area (Å²) >= 11 is 0. The Bertz CT molecular complexity index is 853. The second-order valence-electron chi connectivity index (χ2n) is 6.47. The van der Waals surface area contributed by atoms with Gasteiger partial charge in [-0.2, -0.15) is 8.78 Å². The molecular weight excluding hydrogens is 400 g/mol. The van der Waals surface area contributed by atoms with Crippen molar-refractivity contribution in [3.05, 3.63) is 54.1 Å². The quantitative estimate of drug-likeness (QED) is 0.623. The molecule has 0 radical (unpaired) electrons. The number of hydrogen-bond acceptors (Lipinski definition) is 6. The largest absolute Gasteiger partial charge is 0.491 e. The van der Waals surface area contributed by atoms with Crippen LogP contribution < -0.4 is 14.8 Å². The maximum absolute atomic E-state index is 12.4. The van der Waals surface area contributed by atoms with E-state index in [1.807, 2.05) is 0 Å². The van der Waals surface area contributed by atoms with Crippen molar-refractivity contribution in [2.75, 3.05) is 25.1 Å². The van der Waals surface area contributed by atoms with Crippen LogP contribution in [-0.4, -0.2) is 44.4 Å². The van der Waals surface area contributed by atoms with Crippen LogP contribution in [0.25, 0.3) is 0 Å². The van der Waals surface area contributed by atoms with Crippen molar-refractivity contribution >= 4 is 17.6 Å². The lowest BCUT2D eigenvalue weighted by molar-refractivity contribution is -0.119. The maximum atomic E-state index is 12.4. The third-order valence-electron chi connectivity index (χ3n) is 4.26. The van der Waals surface area contributed by atoms with Crippen molar-refractivity contribution in [2.45, 2.75) is 25.6 Å². The summed E-state index contributed by atoms with van der Waals surface area (Å²) in [4.78, 5) is 24.1. The van der Waals surface area contributed by atoms with Crippen LogP contribution >= 0.6 is 0 Å². The standard InChI is InChI=1S/C21H21F2NO6/c22-21(23)30-18-6-2-1-5-17(18)24-19(25)13-29-20(26)14-7-9-15(10-8-14)28-12-16-4-3-11-27-16/h1-2,5-10,16,21H,3-4,11-13H2,(H,24,25)/t16-/m1/s1. The fourth-order valence-electron chi connectivity index (χ4n) is 2.82. The molecule has 30 heavy (non-hydrogen) atoms. The average molecular weight is 421 g/mol. The van der Waals surface area contributed by atoms with Gasteiger partial charge in [0.05, 0.1) is 17.4 Å². The maximum Gasteiger partial charge on any atom is 0.387 e. The predicted octanol–water partition coefficient (Wildman–Crippen LogP) is 3.64. The molecule has 1 N–H and O–H groups in total. The van der Waals surface area contributed by atoms with Crippen molar-refractivity contribution < 1.29 is 37.3 Å². The molecule has 1 heterocycles. The number of alkyl halides is 2. The lowest BCUT2D eigenvalue weighted by Gasteiger charge is -2.12. The van der Waals surface area contributed by atoms with Gasteiger partial charge in [-0.25, -0.2) is 4.79 Å². The molecule has 1 saturated heterocycles. The molecule has 0 bridgehead atoms. The van der Waals surface area contributed by atoms with Gasteiger partial charge in [0, 0.05) is 6.61 Å². The zero-order valence-electron chi connectivity index (χ0n) is 16.0. The molecule has 0 unspecified atom stereocenters. The third-order valence-corrected chi connectivity index (χ3v) is 4.26. The van der Waals surface area contributed by atoms with Crippen molar-refractivity contribution in [3.63, 3.8) is 0 Å².